The zero-order valence-corrected chi connectivity index (χ0v) is 21.9. The van der Waals surface area contributed by atoms with Gasteiger partial charge in [-0.1, -0.05) is 24.3 Å². The van der Waals surface area contributed by atoms with Gasteiger partial charge in [-0.3, -0.25) is 0 Å². The fourth-order valence-electron chi connectivity index (χ4n) is 4.63. The third-order valence-corrected chi connectivity index (χ3v) is 6.49. The van der Waals surface area contributed by atoms with Gasteiger partial charge < -0.3 is 23.8 Å². The van der Waals surface area contributed by atoms with Gasteiger partial charge in [0.1, 0.15) is 17.7 Å². The molecule has 1 unspecified atom stereocenters. The van der Waals surface area contributed by atoms with Crippen molar-refractivity contribution in [3.63, 3.8) is 0 Å². The highest BCUT2D eigenvalue weighted by Crippen LogP contribution is 2.35. The minimum absolute atomic E-state index is 0.000706. The second-order valence-electron chi connectivity index (χ2n) is 9.20. The van der Waals surface area contributed by atoms with Gasteiger partial charge in [0.2, 0.25) is 5.89 Å². The van der Waals surface area contributed by atoms with Crippen LogP contribution in [0, 0.1) is 12.7 Å². The van der Waals surface area contributed by atoms with Gasteiger partial charge in [0.25, 0.3) is 0 Å². The van der Waals surface area contributed by atoms with E-state index in [9.17, 15) is 4.39 Å². The lowest BCUT2D eigenvalue weighted by Gasteiger charge is -2.18. The van der Waals surface area contributed by atoms with E-state index in [0.29, 0.717) is 37.0 Å². The lowest BCUT2D eigenvalue weighted by atomic mass is 9.97. The van der Waals surface area contributed by atoms with Crippen molar-refractivity contribution in [3.8, 4) is 34.0 Å². The van der Waals surface area contributed by atoms with Gasteiger partial charge in [-0.25, -0.2) is 9.37 Å². The molecule has 0 fully saturated rings. The van der Waals surface area contributed by atoms with Crippen molar-refractivity contribution < 1.29 is 18.3 Å². The molecule has 0 aliphatic rings. The van der Waals surface area contributed by atoms with Crippen LogP contribution in [-0.2, 0) is 16.5 Å². The first kappa shape index (κ1) is 25.7. The van der Waals surface area contributed by atoms with Crippen LogP contribution >= 0.6 is 0 Å². The number of aryl methyl sites for hydroxylation is 2. The molecule has 0 aliphatic carbocycles. The summed E-state index contributed by atoms with van der Waals surface area (Å²) in [5.74, 6) is 0.760. The number of ether oxygens (including phenoxy) is 2. The fraction of sp³-hybridized carbons (Fsp3) is 0.276. The van der Waals surface area contributed by atoms with E-state index in [0.717, 1.165) is 38.9 Å². The fourth-order valence-corrected chi connectivity index (χ4v) is 4.63. The van der Waals surface area contributed by atoms with Crippen molar-refractivity contribution in [1.29, 1.82) is 0 Å². The Balaban J connectivity index is 1.52. The molecule has 3 aromatic carbocycles. The quantitative estimate of drug-likeness (QED) is 0.252. The highest BCUT2D eigenvalue weighted by atomic mass is 19.1. The summed E-state index contributed by atoms with van der Waals surface area (Å²) in [6.07, 6.45) is 1.60. The highest BCUT2D eigenvalue weighted by molar-refractivity contribution is 5.84. The van der Waals surface area contributed by atoms with Crippen LogP contribution in [0.4, 0.5) is 4.39 Å². The molecule has 8 nitrogen and oxygen atoms in total. The monoisotopic (exact) mass is 515 g/mol. The summed E-state index contributed by atoms with van der Waals surface area (Å²) in [6, 6.07) is 16.7. The molecule has 1 N–H and O–H groups in total. The Labute approximate surface area is 220 Å². The molecular weight excluding hydrogens is 485 g/mol. The first-order valence-electron chi connectivity index (χ1n) is 12.4. The maximum atomic E-state index is 14.2. The van der Waals surface area contributed by atoms with Gasteiger partial charge in [0, 0.05) is 38.9 Å². The van der Waals surface area contributed by atoms with E-state index in [1.807, 2.05) is 44.3 Å². The van der Waals surface area contributed by atoms with Crippen LogP contribution in [0.5, 0.6) is 0 Å². The third kappa shape index (κ3) is 5.22. The Morgan fingerprint density at radius 1 is 1.03 bits per heavy atom. The number of methoxy groups -OCH3 is 2. The second kappa shape index (κ2) is 11.2. The van der Waals surface area contributed by atoms with E-state index in [1.54, 1.807) is 31.2 Å². The average Bonchev–Trinajstić information content (AvgIpc) is 3.55. The SMILES string of the molecule is COCCNC(COC)c1cc(C)c2oc(-c3cccc(-c4ccc(F)cc4-c4nncn4C)c3)nc2c1. The zero-order chi connectivity index (χ0) is 26.6. The van der Waals surface area contributed by atoms with Gasteiger partial charge in [-0.15, -0.1) is 10.2 Å². The average molecular weight is 516 g/mol. The molecule has 0 spiro atoms. The van der Waals surface area contributed by atoms with Crippen LogP contribution in [0.15, 0.2) is 65.3 Å². The third-order valence-electron chi connectivity index (χ3n) is 6.49. The van der Waals surface area contributed by atoms with Crippen LogP contribution in [-0.4, -0.2) is 53.7 Å². The van der Waals surface area contributed by atoms with Gasteiger partial charge in [-0.2, -0.15) is 0 Å². The van der Waals surface area contributed by atoms with Crippen molar-refractivity contribution in [3.05, 3.63) is 77.9 Å². The smallest absolute Gasteiger partial charge is 0.227 e. The molecule has 0 amide bonds. The van der Waals surface area contributed by atoms with Crippen molar-refractivity contribution in [2.24, 2.45) is 7.05 Å². The van der Waals surface area contributed by atoms with Gasteiger partial charge in [0.15, 0.2) is 11.4 Å². The van der Waals surface area contributed by atoms with Crippen LogP contribution in [0.3, 0.4) is 0 Å². The normalized spacial score (nSPS) is 12.3. The molecule has 0 aliphatic heterocycles. The lowest BCUT2D eigenvalue weighted by Crippen LogP contribution is -2.28. The number of rotatable bonds is 10. The number of aromatic nitrogens is 4. The van der Waals surface area contributed by atoms with Crippen LogP contribution in [0.1, 0.15) is 17.2 Å². The van der Waals surface area contributed by atoms with Crippen LogP contribution in [0.2, 0.25) is 0 Å². The number of hydrogen-bond acceptors (Lipinski definition) is 7. The number of hydrogen-bond donors (Lipinski definition) is 1. The summed E-state index contributed by atoms with van der Waals surface area (Å²) in [5, 5.41) is 11.6. The predicted octanol–water partition coefficient (Wildman–Crippen LogP) is 5.33. The molecular formula is C29H30FN5O3. The molecule has 2 aromatic heterocycles. The number of fused-ring (bicyclic) bond motifs is 1. The molecule has 5 rings (SSSR count). The summed E-state index contributed by atoms with van der Waals surface area (Å²) in [6.45, 7) is 3.85. The lowest BCUT2D eigenvalue weighted by molar-refractivity contribution is 0.153. The zero-order valence-electron chi connectivity index (χ0n) is 21.9. The minimum atomic E-state index is -0.336. The Kier molecular flexibility index (Phi) is 7.59. The molecule has 196 valence electrons. The molecule has 0 saturated carbocycles. The van der Waals surface area contributed by atoms with Gasteiger partial charge in [-0.05, 0) is 59.5 Å². The Morgan fingerprint density at radius 2 is 1.87 bits per heavy atom. The highest BCUT2D eigenvalue weighted by Gasteiger charge is 2.18. The maximum absolute atomic E-state index is 14.2. The van der Waals surface area contributed by atoms with Crippen LogP contribution in [0.25, 0.3) is 45.1 Å². The van der Waals surface area contributed by atoms with Crippen molar-refractivity contribution in [2.45, 2.75) is 13.0 Å². The number of nitrogens with zero attached hydrogens (tertiary/aromatic N) is 4. The number of halogens is 1. The standard InChI is InChI=1S/C29H30FN5O3/c1-18-12-21(26(16-37-4)31-10-11-36-3)14-25-27(18)38-29(33-25)20-7-5-6-19(13-20)23-9-8-22(30)15-24(23)28-34-32-17-35(28)2/h5-9,12-15,17,26,31H,10-11,16H2,1-4H3. The first-order chi connectivity index (χ1) is 18.5. The van der Waals surface area contributed by atoms with Crippen molar-refractivity contribution in [1.82, 2.24) is 25.1 Å². The van der Waals surface area contributed by atoms with E-state index in [-0.39, 0.29) is 11.9 Å². The predicted molar refractivity (Wildman–Crippen MR) is 144 cm³/mol. The van der Waals surface area contributed by atoms with E-state index < -0.39 is 0 Å². The van der Waals surface area contributed by atoms with E-state index in [1.165, 1.54) is 12.1 Å². The van der Waals surface area contributed by atoms with E-state index in [4.69, 9.17) is 18.9 Å². The maximum Gasteiger partial charge on any atom is 0.227 e. The van der Waals surface area contributed by atoms with Crippen LogP contribution < -0.4 is 5.32 Å². The van der Waals surface area contributed by atoms with Crippen molar-refractivity contribution in [2.75, 3.05) is 34.0 Å². The Bertz CT molecular complexity index is 1560. The summed E-state index contributed by atoms with van der Waals surface area (Å²) < 4.78 is 32.8. The number of nitrogens with one attached hydrogen (secondary N) is 1. The van der Waals surface area contributed by atoms with Crippen molar-refractivity contribution >= 4 is 11.1 Å². The number of oxazole rings is 1. The van der Waals surface area contributed by atoms with Gasteiger partial charge >= 0.3 is 0 Å². The van der Waals surface area contributed by atoms with E-state index >= 15 is 0 Å². The molecule has 1 atom stereocenters. The Morgan fingerprint density at radius 3 is 2.63 bits per heavy atom. The topological polar surface area (TPSA) is 87.2 Å². The number of benzene rings is 3. The molecule has 0 saturated heterocycles. The summed E-state index contributed by atoms with van der Waals surface area (Å²) >= 11 is 0. The molecule has 5 aromatic rings. The van der Waals surface area contributed by atoms with E-state index in [2.05, 4.69) is 21.6 Å². The second-order valence-corrected chi connectivity index (χ2v) is 9.20. The minimum Gasteiger partial charge on any atom is -0.436 e. The Hall–Kier alpha value is -3.92. The van der Waals surface area contributed by atoms with Gasteiger partial charge in [0.05, 0.1) is 19.3 Å². The first-order valence-corrected chi connectivity index (χ1v) is 12.4. The molecule has 38 heavy (non-hydrogen) atoms. The molecule has 0 radical (unpaired) electrons. The summed E-state index contributed by atoms with van der Waals surface area (Å²) in [5.41, 5.74) is 6.78. The molecule has 9 heteroatoms. The largest absolute Gasteiger partial charge is 0.436 e. The summed E-state index contributed by atoms with van der Waals surface area (Å²) in [7, 11) is 5.20. The molecule has 2 heterocycles. The summed E-state index contributed by atoms with van der Waals surface area (Å²) in [4.78, 5) is 4.83. The molecule has 0 bridgehead atoms.